The molecule has 0 radical (unpaired) electrons. The van der Waals surface area contributed by atoms with Gasteiger partial charge in [-0.2, -0.15) is 0 Å². The molecule has 4 aromatic carbocycles. The highest BCUT2D eigenvalue weighted by Gasteiger charge is 2.32. The molecule has 1 aliphatic heterocycles. The molecule has 0 spiro atoms. The van der Waals surface area contributed by atoms with E-state index in [9.17, 15) is 4.79 Å². The highest BCUT2D eigenvalue weighted by molar-refractivity contribution is 7.07. The molecule has 0 amide bonds. The number of hydrogen-bond donors (Lipinski definition) is 1. The van der Waals surface area contributed by atoms with E-state index in [2.05, 4.69) is 47.4 Å². The Kier molecular flexibility index (Phi) is 6.21. The molecule has 1 N–H and O–H groups in total. The third kappa shape index (κ3) is 4.21. The van der Waals surface area contributed by atoms with Gasteiger partial charge in [-0.1, -0.05) is 102 Å². The Labute approximate surface area is 256 Å². The van der Waals surface area contributed by atoms with Gasteiger partial charge in [-0.15, -0.1) is 0 Å². The highest BCUT2D eigenvalue weighted by Crippen LogP contribution is 2.41. The number of H-pyrrole nitrogens is 1. The van der Waals surface area contributed by atoms with Gasteiger partial charge in [0.25, 0.3) is 5.56 Å². The standard InChI is InChI=1S/C36H26ClN3O2S/c1-42-29-13-7-12-26-28(31(38-33(26)29)22-9-3-2-4-10-22)20-30-35(41)40-34(23-14-17-24(37)18-15-23)27-19-16-21-8-5-6-11-25(21)32(27)39-36(40)43-30/h2-15,17-18,20,34,38H,16,19H2,1H3/b30-20+/t34-/m0/s1. The van der Waals surface area contributed by atoms with E-state index in [4.69, 9.17) is 21.3 Å². The summed E-state index contributed by atoms with van der Waals surface area (Å²) in [4.78, 5) is 23.9. The molecule has 0 bridgehead atoms. The van der Waals surface area contributed by atoms with Crippen LogP contribution >= 0.6 is 22.9 Å². The van der Waals surface area contributed by atoms with Gasteiger partial charge in [-0.05, 0) is 59.4 Å². The first-order valence-electron chi connectivity index (χ1n) is 14.2. The molecule has 0 fully saturated rings. The summed E-state index contributed by atoms with van der Waals surface area (Å²) in [6.45, 7) is 0. The third-order valence-corrected chi connectivity index (χ3v) is 9.69. The summed E-state index contributed by atoms with van der Waals surface area (Å²) in [6.07, 6.45) is 3.77. The number of fused-ring (bicyclic) bond motifs is 4. The summed E-state index contributed by atoms with van der Waals surface area (Å²) >= 11 is 7.73. The van der Waals surface area contributed by atoms with Crippen LogP contribution in [0.2, 0.25) is 5.02 Å². The molecule has 8 rings (SSSR count). The summed E-state index contributed by atoms with van der Waals surface area (Å²) in [5, 5.41) is 1.66. The normalized spacial score (nSPS) is 16.0. The van der Waals surface area contributed by atoms with Crippen LogP contribution in [-0.2, 0) is 6.42 Å². The number of para-hydroxylation sites is 1. The van der Waals surface area contributed by atoms with Gasteiger partial charge in [0.2, 0.25) is 0 Å². The Hall–Kier alpha value is -4.65. The number of rotatable bonds is 4. The molecule has 3 heterocycles. The second kappa shape index (κ2) is 10.3. The fourth-order valence-electron chi connectivity index (χ4n) is 6.46. The van der Waals surface area contributed by atoms with Crippen LogP contribution in [0.5, 0.6) is 5.75 Å². The first-order chi connectivity index (χ1) is 21.1. The maximum absolute atomic E-state index is 14.4. The van der Waals surface area contributed by atoms with Gasteiger partial charge in [-0.3, -0.25) is 9.36 Å². The van der Waals surface area contributed by atoms with Gasteiger partial charge in [0.05, 0.1) is 34.6 Å². The van der Waals surface area contributed by atoms with E-state index in [1.807, 2.05) is 65.2 Å². The number of halogens is 1. The molecule has 5 nitrogen and oxygen atoms in total. The summed E-state index contributed by atoms with van der Waals surface area (Å²) in [7, 11) is 1.67. The minimum atomic E-state index is -0.254. The largest absolute Gasteiger partial charge is 0.495 e. The van der Waals surface area contributed by atoms with Crippen LogP contribution < -0.4 is 19.6 Å². The lowest BCUT2D eigenvalue weighted by molar-refractivity contribution is 0.419. The van der Waals surface area contributed by atoms with Crippen molar-refractivity contribution >= 4 is 45.6 Å². The maximum atomic E-state index is 14.4. The Morgan fingerprint density at radius 3 is 2.56 bits per heavy atom. The van der Waals surface area contributed by atoms with Crippen LogP contribution in [0.1, 0.15) is 34.7 Å². The molecular weight excluding hydrogens is 574 g/mol. The molecule has 7 heteroatoms. The topological polar surface area (TPSA) is 59.4 Å². The molecule has 2 aliphatic rings. The number of aryl methyl sites for hydroxylation is 1. The van der Waals surface area contributed by atoms with Gasteiger partial charge < -0.3 is 9.72 Å². The average Bonchev–Trinajstić information content (AvgIpc) is 3.58. The van der Waals surface area contributed by atoms with Crippen molar-refractivity contribution in [2.24, 2.45) is 4.99 Å². The zero-order valence-electron chi connectivity index (χ0n) is 23.3. The van der Waals surface area contributed by atoms with Crippen LogP contribution in [0, 0.1) is 0 Å². The number of nitrogens with one attached hydrogen (secondary N) is 1. The molecule has 0 saturated heterocycles. The van der Waals surface area contributed by atoms with Gasteiger partial charge in [-0.25, -0.2) is 4.99 Å². The molecule has 1 aliphatic carbocycles. The fourth-order valence-corrected chi connectivity index (χ4v) is 7.57. The van der Waals surface area contributed by atoms with Gasteiger partial charge >= 0.3 is 0 Å². The van der Waals surface area contributed by atoms with E-state index in [0.29, 0.717) is 14.4 Å². The maximum Gasteiger partial charge on any atom is 0.271 e. The third-order valence-electron chi connectivity index (χ3n) is 8.45. The number of thiazole rings is 1. The van der Waals surface area contributed by atoms with Gasteiger partial charge in [0, 0.05) is 21.5 Å². The molecule has 0 unspecified atom stereocenters. The van der Waals surface area contributed by atoms with Crippen LogP contribution in [0.3, 0.4) is 0 Å². The van der Waals surface area contributed by atoms with Crippen molar-refractivity contribution in [3.05, 3.63) is 150 Å². The van der Waals surface area contributed by atoms with Crippen LogP contribution in [0.4, 0.5) is 0 Å². The summed E-state index contributed by atoms with van der Waals surface area (Å²) in [5.41, 5.74) is 9.38. The number of ether oxygens (including phenoxy) is 1. The van der Waals surface area contributed by atoms with E-state index >= 15 is 0 Å². The molecule has 0 saturated carbocycles. The number of allylic oxidation sites excluding steroid dienone is 1. The monoisotopic (exact) mass is 599 g/mol. The quantitative estimate of drug-likeness (QED) is 0.234. The molecule has 6 aromatic rings. The van der Waals surface area contributed by atoms with E-state index < -0.39 is 0 Å². The van der Waals surface area contributed by atoms with E-state index in [-0.39, 0.29) is 11.6 Å². The van der Waals surface area contributed by atoms with Crippen molar-refractivity contribution in [2.45, 2.75) is 18.9 Å². The fraction of sp³-hybridized carbons (Fsp3) is 0.111. The van der Waals surface area contributed by atoms with Crippen LogP contribution in [0.15, 0.2) is 112 Å². The number of aromatic amines is 1. The second-order valence-electron chi connectivity index (χ2n) is 10.8. The van der Waals surface area contributed by atoms with E-state index in [1.54, 1.807) is 7.11 Å². The lowest BCUT2D eigenvalue weighted by Crippen LogP contribution is -2.38. The number of benzene rings is 4. The molecule has 210 valence electrons. The van der Waals surface area contributed by atoms with Crippen molar-refractivity contribution in [3.63, 3.8) is 0 Å². The predicted octanol–water partition coefficient (Wildman–Crippen LogP) is 7.13. The zero-order chi connectivity index (χ0) is 29.1. The summed E-state index contributed by atoms with van der Waals surface area (Å²) in [5.74, 6) is 0.755. The number of aromatic nitrogens is 2. The first-order valence-corrected chi connectivity index (χ1v) is 15.4. The number of methoxy groups -OCH3 is 1. The predicted molar refractivity (Wildman–Crippen MR) is 174 cm³/mol. The van der Waals surface area contributed by atoms with Crippen LogP contribution in [0.25, 0.3) is 33.9 Å². The molecule has 1 atom stereocenters. The van der Waals surface area contributed by atoms with Crippen molar-refractivity contribution < 1.29 is 4.74 Å². The van der Waals surface area contributed by atoms with Crippen molar-refractivity contribution in [3.8, 4) is 17.0 Å². The minimum Gasteiger partial charge on any atom is -0.495 e. The van der Waals surface area contributed by atoms with E-state index in [1.165, 1.54) is 22.5 Å². The lowest BCUT2D eigenvalue weighted by atomic mass is 9.83. The lowest BCUT2D eigenvalue weighted by Gasteiger charge is -2.30. The van der Waals surface area contributed by atoms with Gasteiger partial charge in [0.15, 0.2) is 4.80 Å². The second-order valence-corrected chi connectivity index (χ2v) is 12.3. The number of nitrogens with zero attached hydrogens (tertiary/aromatic N) is 2. The highest BCUT2D eigenvalue weighted by atomic mass is 35.5. The summed E-state index contributed by atoms with van der Waals surface area (Å²) in [6, 6.07) is 32.2. The SMILES string of the molecule is COc1cccc2c(/C=c3/sc4n(c3=O)[C@@H](c3ccc(Cl)cc3)C3=C(N=4)c4ccccc4CC3)c(-c3ccccc3)[nH]c12. The number of hydrogen-bond acceptors (Lipinski definition) is 4. The zero-order valence-corrected chi connectivity index (χ0v) is 24.9. The molecule has 43 heavy (non-hydrogen) atoms. The average molecular weight is 600 g/mol. The Morgan fingerprint density at radius 2 is 1.74 bits per heavy atom. The van der Waals surface area contributed by atoms with Crippen molar-refractivity contribution in [1.29, 1.82) is 0 Å². The summed E-state index contributed by atoms with van der Waals surface area (Å²) < 4.78 is 8.20. The minimum absolute atomic E-state index is 0.0506. The van der Waals surface area contributed by atoms with E-state index in [0.717, 1.165) is 63.1 Å². The molecular formula is C36H26ClN3O2S. The molecule has 2 aromatic heterocycles. The van der Waals surface area contributed by atoms with Crippen LogP contribution in [-0.4, -0.2) is 16.7 Å². The van der Waals surface area contributed by atoms with Gasteiger partial charge in [0.1, 0.15) is 5.75 Å². The van der Waals surface area contributed by atoms with Crippen molar-refractivity contribution in [2.75, 3.05) is 7.11 Å². The van der Waals surface area contributed by atoms with Crippen molar-refractivity contribution in [1.82, 2.24) is 9.55 Å². The Morgan fingerprint density at radius 1 is 0.953 bits per heavy atom. The smallest absolute Gasteiger partial charge is 0.271 e. The Balaban J connectivity index is 1.41. The Bertz CT molecular complexity index is 2260. The first kappa shape index (κ1) is 26.0.